The summed E-state index contributed by atoms with van der Waals surface area (Å²) in [4.78, 5) is 28.7. The Bertz CT molecular complexity index is 1470. The van der Waals surface area contributed by atoms with Crippen LogP contribution in [0.25, 0.3) is 0 Å². The predicted molar refractivity (Wildman–Crippen MR) is 164 cm³/mol. The molecule has 2 unspecified atom stereocenters. The molecular weight excluding hydrogens is 554 g/mol. The largest absolute Gasteiger partial charge is 0.493 e. The monoisotopic (exact) mass is 595 g/mol. The first-order valence-corrected chi connectivity index (χ1v) is 15.3. The summed E-state index contributed by atoms with van der Waals surface area (Å²) in [5.74, 6) is -0.127. The zero-order valence-corrected chi connectivity index (χ0v) is 26.2. The van der Waals surface area contributed by atoms with Crippen LogP contribution in [0.15, 0.2) is 71.6 Å². The standard InChI is InChI=1S/C32H41N3O6S/c1-8-24(4)33-32(37)25(5)34(20-26-13-9-22(2)10-14-26)31(36)21-35(27-15-18-29(40-6)30(19-27)41-7)42(38,39)28-16-11-23(3)12-17-28/h9-19,24-25H,8,20-21H2,1-7H3,(H,33,37). The second-order valence-corrected chi connectivity index (χ2v) is 12.2. The highest BCUT2D eigenvalue weighted by Gasteiger charge is 2.33. The molecule has 3 aromatic carbocycles. The average Bonchev–Trinajstić information content (AvgIpc) is 2.98. The van der Waals surface area contributed by atoms with E-state index in [0.717, 1.165) is 27.4 Å². The molecule has 9 nitrogen and oxygen atoms in total. The van der Waals surface area contributed by atoms with Crippen LogP contribution in [0.1, 0.15) is 43.9 Å². The van der Waals surface area contributed by atoms with E-state index in [9.17, 15) is 18.0 Å². The fourth-order valence-corrected chi connectivity index (χ4v) is 5.69. The van der Waals surface area contributed by atoms with Crippen molar-refractivity contribution in [3.8, 4) is 11.5 Å². The number of aryl methyl sites for hydroxylation is 2. The first-order chi connectivity index (χ1) is 19.9. The zero-order valence-electron chi connectivity index (χ0n) is 25.4. The Morgan fingerprint density at radius 1 is 0.857 bits per heavy atom. The molecule has 42 heavy (non-hydrogen) atoms. The van der Waals surface area contributed by atoms with Crippen molar-refractivity contribution in [2.24, 2.45) is 0 Å². The number of nitrogens with zero attached hydrogens (tertiary/aromatic N) is 2. The average molecular weight is 596 g/mol. The quantitative estimate of drug-likeness (QED) is 0.303. The van der Waals surface area contributed by atoms with Crippen LogP contribution in [-0.2, 0) is 26.2 Å². The molecule has 3 aromatic rings. The van der Waals surface area contributed by atoms with Crippen molar-refractivity contribution in [3.05, 3.63) is 83.4 Å². The number of hydrogen-bond donors (Lipinski definition) is 1. The molecule has 0 aromatic heterocycles. The molecule has 0 saturated carbocycles. The summed E-state index contributed by atoms with van der Waals surface area (Å²) < 4.78 is 39.9. The molecule has 1 N–H and O–H groups in total. The summed E-state index contributed by atoms with van der Waals surface area (Å²) in [6.07, 6.45) is 0.728. The Morgan fingerprint density at radius 3 is 1.98 bits per heavy atom. The number of carbonyl (C=O) groups excluding carboxylic acids is 2. The van der Waals surface area contributed by atoms with Gasteiger partial charge in [0, 0.05) is 18.7 Å². The van der Waals surface area contributed by atoms with Crippen molar-refractivity contribution in [2.75, 3.05) is 25.1 Å². The second-order valence-electron chi connectivity index (χ2n) is 10.4. The van der Waals surface area contributed by atoms with Crippen molar-refractivity contribution in [1.29, 1.82) is 0 Å². The molecule has 10 heteroatoms. The van der Waals surface area contributed by atoms with E-state index in [1.54, 1.807) is 31.2 Å². The van der Waals surface area contributed by atoms with Gasteiger partial charge < -0.3 is 19.7 Å². The van der Waals surface area contributed by atoms with Gasteiger partial charge in [-0.1, -0.05) is 54.4 Å². The lowest BCUT2D eigenvalue weighted by atomic mass is 10.1. The molecule has 0 aliphatic rings. The SMILES string of the molecule is CCC(C)NC(=O)C(C)N(Cc1ccc(C)cc1)C(=O)CN(c1ccc(OC)c(OC)c1)S(=O)(=O)c1ccc(C)cc1. The van der Waals surface area contributed by atoms with Crippen LogP contribution in [0.2, 0.25) is 0 Å². The highest BCUT2D eigenvalue weighted by atomic mass is 32.2. The highest BCUT2D eigenvalue weighted by Crippen LogP contribution is 2.34. The van der Waals surface area contributed by atoms with Gasteiger partial charge in [0.15, 0.2) is 11.5 Å². The first-order valence-electron chi connectivity index (χ1n) is 13.9. The summed E-state index contributed by atoms with van der Waals surface area (Å²) in [6.45, 7) is 8.91. The number of ether oxygens (including phenoxy) is 2. The van der Waals surface area contributed by atoms with E-state index in [2.05, 4.69) is 5.32 Å². The van der Waals surface area contributed by atoms with E-state index in [1.165, 1.54) is 37.3 Å². The van der Waals surface area contributed by atoms with Crippen LogP contribution in [-0.4, -0.2) is 58.0 Å². The molecule has 3 rings (SSSR count). The number of amides is 2. The number of carbonyl (C=O) groups is 2. The molecule has 0 spiro atoms. The molecule has 2 amide bonds. The number of rotatable bonds is 13. The van der Waals surface area contributed by atoms with Crippen LogP contribution in [0.5, 0.6) is 11.5 Å². The van der Waals surface area contributed by atoms with Crippen molar-refractivity contribution in [2.45, 2.75) is 64.6 Å². The van der Waals surface area contributed by atoms with Gasteiger partial charge in [-0.05, 0) is 63.9 Å². The van der Waals surface area contributed by atoms with E-state index >= 15 is 0 Å². The van der Waals surface area contributed by atoms with Crippen molar-refractivity contribution in [1.82, 2.24) is 10.2 Å². The fraction of sp³-hybridized carbons (Fsp3) is 0.375. The van der Waals surface area contributed by atoms with Crippen molar-refractivity contribution < 1.29 is 27.5 Å². The Kier molecular flexibility index (Phi) is 11.0. The molecule has 0 fully saturated rings. The van der Waals surface area contributed by atoms with Gasteiger partial charge in [0.05, 0.1) is 24.8 Å². The zero-order chi connectivity index (χ0) is 31.0. The van der Waals surface area contributed by atoms with E-state index in [1.807, 2.05) is 52.0 Å². The van der Waals surface area contributed by atoms with E-state index in [0.29, 0.717) is 11.5 Å². The third kappa shape index (κ3) is 7.82. The fourth-order valence-electron chi connectivity index (χ4n) is 4.28. The van der Waals surface area contributed by atoms with Gasteiger partial charge in [-0.3, -0.25) is 13.9 Å². The van der Waals surface area contributed by atoms with E-state index in [4.69, 9.17) is 9.47 Å². The lowest BCUT2D eigenvalue weighted by Gasteiger charge is -2.32. The molecule has 0 bridgehead atoms. The first kappa shape index (κ1) is 32.5. The number of sulfonamides is 1. The number of benzene rings is 3. The lowest BCUT2D eigenvalue weighted by molar-refractivity contribution is -0.139. The maximum absolute atomic E-state index is 14.1. The Hall–Kier alpha value is -4.05. The predicted octanol–water partition coefficient (Wildman–Crippen LogP) is 4.85. The molecule has 226 valence electrons. The number of methoxy groups -OCH3 is 2. The minimum Gasteiger partial charge on any atom is -0.493 e. The van der Waals surface area contributed by atoms with Gasteiger partial charge in [-0.25, -0.2) is 8.42 Å². The Labute approximate surface area is 249 Å². The maximum atomic E-state index is 14.1. The van der Waals surface area contributed by atoms with E-state index < -0.39 is 28.5 Å². The third-order valence-corrected chi connectivity index (χ3v) is 8.97. The molecule has 0 saturated heterocycles. The number of anilines is 1. The summed E-state index contributed by atoms with van der Waals surface area (Å²) >= 11 is 0. The molecule has 0 aliphatic heterocycles. The van der Waals surface area contributed by atoms with Gasteiger partial charge >= 0.3 is 0 Å². The van der Waals surface area contributed by atoms with Gasteiger partial charge in [-0.2, -0.15) is 0 Å². The Balaban J connectivity index is 2.08. The minimum atomic E-state index is -4.20. The van der Waals surface area contributed by atoms with Crippen LogP contribution in [0.4, 0.5) is 5.69 Å². The minimum absolute atomic E-state index is 0.0309. The molecule has 0 heterocycles. The Morgan fingerprint density at radius 2 is 1.43 bits per heavy atom. The van der Waals surface area contributed by atoms with E-state index in [-0.39, 0.29) is 29.1 Å². The maximum Gasteiger partial charge on any atom is 0.264 e. The van der Waals surface area contributed by atoms with Crippen LogP contribution in [0, 0.1) is 13.8 Å². The summed E-state index contributed by atoms with van der Waals surface area (Å²) in [6, 6.07) is 17.8. The second kappa shape index (κ2) is 14.2. The van der Waals surface area contributed by atoms with Gasteiger partial charge in [0.25, 0.3) is 10.0 Å². The third-order valence-electron chi connectivity index (χ3n) is 7.18. The molecule has 0 radical (unpaired) electrons. The van der Waals surface area contributed by atoms with Gasteiger partial charge in [0.2, 0.25) is 11.8 Å². The lowest BCUT2D eigenvalue weighted by Crippen LogP contribution is -2.52. The van der Waals surface area contributed by atoms with Gasteiger partial charge in [-0.15, -0.1) is 0 Å². The highest BCUT2D eigenvalue weighted by molar-refractivity contribution is 7.92. The topological polar surface area (TPSA) is 105 Å². The summed E-state index contributed by atoms with van der Waals surface area (Å²) in [5, 5.41) is 2.94. The molecular formula is C32H41N3O6S. The summed E-state index contributed by atoms with van der Waals surface area (Å²) in [5.41, 5.74) is 2.99. The normalized spacial score (nSPS) is 12.6. The van der Waals surface area contributed by atoms with Crippen LogP contribution in [0.3, 0.4) is 0 Å². The van der Waals surface area contributed by atoms with Crippen LogP contribution < -0.4 is 19.1 Å². The smallest absolute Gasteiger partial charge is 0.264 e. The van der Waals surface area contributed by atoms with Crippen LogP contribution >= 0.6 is 0 Å². The van der Waals surface area contributed by atoms with Crippen molar-refractivity contribution >= 4 is 27.5 Å². The summed E-state index contributed by atoms with van der Waals surface area (Å²) in [7, 11) is -1.27. The molecule has 0 aliphatic carbocycles. The molecule has 2 atom stereocenters. The van der Waals surface area contributed by atoms with Crippen molar-refractivity contribution in [3.63, 3.8) is 0 Å². The van der Waals surface area contributed by atoms with Gasteiger partial charge in [0.1, 0.15) is 12.6 Å². The number of nitrogens with one attached hydrogen (secondary N) is 1. The number of hydrogen-bond acceptors (Lipinski definition) is 6.